The largest absolute Gasteiger partial charge is 0.393 e. The van der Waals surface area contributed by atoms with Crippen LogP contribution in [-0.2, 0) is 10.0 Å². The monoisotopic (exact) mass is 371 g/mol. The molecule has 1 aromatic carbocycles. The van der Waals surface area contributed by atoms with Crippen LogP contribution in [0.4, 0.5) is 0 Å². The molecule has 3 N–H and O–H groups in total. The fourth-order valence-corrected chi connectivity index (χ4v) is 2.53. The molecule has 0 spiro atoms. The van der Waals surface area contributed by atoms with Gasteiger partial charge in [0, 0.05) is 10.1 Å². The molecular formula is C10H14INO4S. The third-order valence-corrected chi connectivity index (χ3v) is 4.24. The minimum atomic E-state index is -3.64. The lowest BCUT2D eigenvalue weighted by molar-refractivity contribution is 0.00681. The smallest absolute Gasteiger partial charge is 0.240 e. The van der Waals surface area contributed by atoms with E-state index >= 15 is 0 Å². The van der Waals surface area contributed by atoms with Crippen LogP contribution in [0.1, 0.15) is 6.92 Å². The zero-order chi connectivity index (χ0) is 13.1. The van der Waals surface area contributed by atoms with E-state index in [9.17, 15) is 13.5 Å². The number of benzene rings is 1. The fraction of sp³-hybridized carbons (Fsp3) is 0.400. The van der Waals surface area contributed by atoms with Crippen molar-refractivity contribution in [1.82, 2.24) is 4.72 Å². The van der Waals surface area contributed by atoms with Crippen molar-refractivity contribution in [2.75, 3.05) is 13.2 Å². The summed E-state index contributed by atoms with van der Waals surface area (Å²) in [5.74, 6) is 0. The molecule has 0 aliphatic carbocycles. The second kappa shape index (κ2) is 5.61. The Morgan fingerprint density at radius 2 is 1.88 bits per heavy atom. The average Bonchev–Trinajstić information content (AvgIpc) is 2.27. The van der Waals surface area contributed by atoms with Gasteiger partial charge in [-0.2, -0.15) is 0 Å². The molecule has 0 saturated carbocycles. The maximum Gasteiger partial charge on any atom is 0.240 e. The summed E-state index contributed by atoms with van der Waals surface area (Å²) in [6.07, 6.45) is 0. The quantitative estimate of drug-likeness (QED) is 0.651. The van der Waals surface area contributed by atoms with Gasteiger partial charge < -0.3 is 10.2 Å². The number of halogens is 1. The van der Waals surface area contributed by atoms with Gasteiger partial charge in [0.25, 0.3) is 0 Å². The molecule has 0 aromatic heterocycles. The summed E-state index contributed by atoms with van der Waals surface area (Å²) in [7, 11) is -3.64. The molecule has 1 aromatic rings. The van der Waals surface area contributed by atoms with Crippen LogP contribution >= 0.6 is 22.6 Å². The second-order valence-electron chi connectivity index (χ2n) is 3.93. The van der Waals surface area contributed by atoms with Crippen molar-refractivity contribution in [2.45, 2.75) is 17.4 Å². The van der Waals surface area contributed by atoms with Crippen LogP contribution in [0, 0.1) is 3.57 Å². The van der Waals surface area contributed by atoms with Gasteiger partial charge in [-0.05, 0) is 53.8 Å². The Hall–Kier alpha value is -0.220. The van der Waals surface area contributed by atoms with E-state index < -0.39 is 22.2 Å². The number of hydrogen-bond acceptors (Lipinski definition) is 4. The lowest BCUT2D eigenvalue weighted by Gasteiger charge is -2.20. The third-order valence-electron chi connectivity index (χ3n) is 2.11. The van der Waals surface area contributed by atoms with Crippen molar-refractivity contribution in [1.29, 1.82) is 0 Å². The first-order chi connectivity index (χ1) is 7.77. The molecule has 5 nitrogen and oxygen atoms in total. The van der Waals surface area contributed by atoms with Gasteiger partial charge >= 0.3 is 0 Å². The van der Waals surface area contributed by atoms with E-state index in [0.29, 0.717) is 0 Å². The standard InChI is InChI=1S/C10H14INO4S/c1-10(14,7-13)6-12-17(15,16)9-4-2-8(11)3-5-9/h2-5,12-14H,6-7H2,1H3. The van der Waals surface area contributed by atoms with Gasteiger partial charge in [-0.25, -0.2) is 13.1 Å². The number of rotatable bonds is 5. The highest BCUT2D eigenvalue weighted by atomic mass is 127. The highest BCUT2D eigenvalue weighted by Crippen LogP contribution is 2.12. The molecule has 0 fully saturated rings. The van der Waals surface area contributed by atoms with Gasteiger partial charge in [-0.1, -0.05) is 0 Å². The molecule has 7 heteroatoms. The maximum absolute atomic E-state index is 11.8. The minimum absolute atomic E-state index is 0.131. The van der Waals surface area contributed by atoms with Crippen LogP contribution in [0.25, 0.3) is 0 Å². The summed E-state index contributed by atoms with van der Waals surface area (Å²) in [5.41, 5.74) is -1.46. The predicted molar refractivity (Wildman–Crippen MR) is 72.1 cm³/mol. The van der Waals surface area contributed by atoms with E-state index in [1.807, 2.05) is 0 Å². The first-order valence-corrected chi connectivity index (χ1v) is 7.41. The number of aliphatic hydroxyl groups is 2. The summed E-state index contributed by atoms with van der Waals surface area (Å²) >= 11 is 2.08. The topological polar surface area (TPSA) is 86.6 Å². The van der Waals surface area contributed by atoms with Gasteiger partial charge in [0.1, 0.15) is 0 Å². The van der Waals surface area contributed by atoms with E-state index in [1.165, 1.54) is 19.1 Å². The molecule has 0 saturated heterocycles. The summed E-state index contributed by atoms with van der Waals surface area (Å²) in [5, 5.41) is 18.3. The van der Waals surface area contributed by atoms with Crippen LogP contribution in [0.2, 0.25) is 0 Å². The highest BCUT2D eigenvalue weighted by molar-refractivity contribution is 14.1. The Labute approximate surface area is 114 Å². The Bertz CT molecular complexity index is 470. The summed E-state index contributed by atoms with van der Waals surface area (Å²) in [6.45, 7) is 0.601. The lowest BCUT2D eigenvalue weighted by Crippen LogP contribution is -2.43. The van der Waals surface area contributed by atoms with Gasteiger partial charge in [0.15, 0.2) is 0 Å². The molecule has 17 heavy (non-hydrogen) atoms. The van der Waals surface area contributed by atoms with Crippen molar-refractivity contribution in [2.24, 2.45) is 0 Å². The molecule has 0 aliphatic heterocycles. The third kappa shape index (κ3) is 4.51. The molecule has 1 unspecified atom stereocenters. The van der Waals surface area contributed by atoms with E-state index in [2.05, 4.69) is 27.3 Å². The van der Waals surface area contributed by atoms with Crippen LogP contribution in [-0.4, -0.2) is 37.4 Å². The number of sulfonamides is 1. The second-order valence-corrected chi connectivity index (χ2v) is 6.95. The number of aliphatic hydroxyl groups excluding tert-OH is 1. The molecule has 0 heterocycles. The number of nitrogens with one attached hydrogen (secondary N) is 1. The zero-order valence-corrected chi connectivity index (χ0v) is 12.2. The molecule has 0 aliphatic rings. The lowest BCUT2D eigenvalue weighted by atomic mass is 10.1. The van der Waals surface area contributed by atoms with E-state index in [4.69, 9.17) is 5.11 Å². The van der Waals surface area contributed by atoms with Crippen molar-refractivity contribution in [3.63, 3.8) is 0 Å². The van der Waals surface area contributed by atoms with Gasteiger partial charge in [-0.3, -0.25) is 0 Å². The van der Waals surface area contributed by atoms with Gasteiger partial charge in [0.2, 0.25) is 10.0 Å². The Morgan fingerprint density at radius 3 is 2.35 bits per heavy atom. The first kappa shape index (κ1) is 14.8. The molecular weight excluding hydrogens is 357 g/mol. The Morgan fingerprint density at radius 1 is 1.35 bits per heavy atom. The highest BCUT2D eigenvalue weighted by Gasteiger charge is 2.23. The maximum atomic E-state index is 11.8. The molecule has 0 amide bonds. The normalized spacial score (nSPS) is 15.5. The van der Waals surface area contributed by atoms with Gasteiger partial charge in [-0.15, -0.1) is 0 Å². The molecule has 0 bridgehead atoms. The van der Waals surface area contributed by atoms with Gasteiger partial charge in [0.05, 0.1) is 17.1 Å². The van der Waals surface area contributed by atoms with Crippen LogP contribution < -0.4 is 4.72 Å². The van der Waals surface area contributed by atoms with Crippen molar-refractivity contribution >= 4 is 32.6 Å². The summed E-state index contributed by atoms with van der Waals surface area (Å²) in [4.78, 5) is 0.131. The van der Waals surface area contributed by atoms with Crippen LogP contribution in [0.5, 0.6) is 0 Å². The van der Waals surface area contributed by atoms with Crippen LogP contribution in [0.15, 0.2) is 29.2 Å². The number of hydrogen-bond donors (Lipinski definition) is 3. The molecule has 1 atom stereocenters. The van der Waals surface area contributed by atoms with Crippen LogP contribution in [0.3, 0.4) is 0 Å². The summed E-state index contributed by atoms with van der Waals surface area (Å²) in [6, 6.07) is 6.33. The van der Waals surface area contributed by atoms with Crippen molar-refractivity contribution < 1.29 is 18.6 Å². The van der Waals surface area contributed by atoms with E-state index in [-0.39, 0.29) is 11.4 Å². The fourth-order valence-electron chi connectivity index (χ4n) is 1.00. The predicted octanol–water partition coefficient (Wildman–Crippen LogP) is 0.313. The Kier molecular flexibility index (Phi) is 4.90. The first-order valence-electron chi connectivity index (χ1n) is 4.85. The van der Waals surface area contributed by atoms with Crippen molar-refractivity contribution in [3.05, 3.63) is 27.8 Å². The Balaban J connectivity index is 2.79. The van der Waals surface area contributed by atoms with Crippen molar-refractivity contribution in [3.8, 4) is 0 Å². The summed E-state index contributed by atoms with van der Waals surface area (Å²) < 4.78 is 26.8. The SMILES string of the molecule is CC(O)(CO)CNS(=O)(=O)c1ccc(I)cc1. The van der Waals surface area contributed by atoms with E-state index in [0.717, 1.165) is 3.57 Å². The minimum Gasteiger partial charge on any atom is -0.393 e. The molecule has 0 radical (unpaired) electrons. The zero-order valence-electron chi connectivity index (χ0n) is 9.22. The molecule has 96 valence electrons. The average molecular weight is 371 g/mol. The molecule has 1 rings (SSSR count). The van der Waals surface area contributed by atoms with E-state index in [1.54, 1.807) is 12.1 Å².